The van der Waals surface area contributed by atoms with Crippen LogP contribution in [0.25, 0.3) is 0 Å². The molecule has 0 fully saturated rings. The number of esters is 3. The van der Waals surface area contributed by atoms with Crippen LogP contribution < -0.4 is 0 Å². The van der Waals surface area contributed by atoms with Crippen LogP contribution in [0.4, 0.5) is 0 Å². The molecule has 78 heavy (non-hydrogen) atoms. The molecule has 446 valence electrons. The van der Waals surface area contributed by atoms with Gasteiger partial charge in [0.1, 0.15) is 13.2 Å². The van der Waals surface area contributed by atoms with Gasteiger partial charge in [-0.05, 0) is 109 Å². The fraction of sp³-hybridized carbons (Fsp3) is 0.708. The van der Waals surface area contributed by atoms with Gasteiger partial charge in [0, 0.05) is 19.3 Å². The average molecular weight is 1080 g/mol. The highest BCUT2D eigenvalue weighted by atomic mass is 16.6. The Morgan fingerprint density at radius 3 is 0.795 bits per heavy atom. The Balaban J connectivity index is 4.29. The lowest BCUT2D eigenvalue weighted by molar-refractivity contribution is -0.167. The van der Waals surface area contributed by atoms with Crippen molar-refractivity contribution in [3.63, 3.8) is 0 Å². The van der Waals surface area contributed by atoms with E-state index in [2.05, 4.69) is 130 Å². The van der Waals surface area contributed by atoms with Crippen molar-refractivity contribution in [2.45, 2.75) is 316 Å². The summed E-state index contributed by atoms with van der Waals surface area (Å²) >= 11 is 0. The summed E-state index contributed by atoms with van der Waals surface area (Å²) < 4.78 is 16.9. The van der Waals surface area contributed by atoms with E-state index in [-0.39, 0.29) is 31.1 Å². The second-order valence-electron chi connectivity index (χ2n) is 21.6. The molecule has 0 spiro atoms. The molecule has 6 nitrogen and oxygen atoms in total. The van der Waals surface area contributed by atoms with Crippen LogP contribution in [0.5, 0.6) is 0 Å². The first-order valence-corrected chi connectivity index (χ1v) is 32.9. The third-order valence-corrected chi connectivity index (χ3v) is 14.0. The molecule has 0 amide bonds. The zero-order valence-corrected chi connectivity index (χ0v) is 51.2. The van der Waals surface area contributed by atoms with Gasteiger partial charge in [-0.25, -0.2) is 0 Å². The Hall–Kier alpha value is -3.93. The molecule has 6 heteroatoms. The normalized spacial score (nSPS) is 12.8. The van der Waals surface area contributed by atoms with E-state index in [1.165, 1.54) is 148 Å². The summed E-state index contributed by atoms with van der Waals surface area (Å²) in [5.41, 5.74) is 0. The minimum atomic E-state index is -0.786. The van der Waals surface area contributed by atoms with Crippen LogP contribution in [0.2, 0.25) is 0 Å². The van der Waals surface area contributed by atoms with Crippen LogP contribution in [0, 0.1) is 0 Å². The van der Waals surface area contributed by atoms with E-state index >= 15 is 0 Å². The van der Waals surface area contributed by atoms with Crippen molar-refractivity contribution in [2.75, 3.05) is 13.2 Å². The minimum Gasteiger partial charge on any atom is -0.462 e. The first-order valence-electron chi connectivity index (χ1n) is 32.9. The quantitative estimate of drug-likeness (QED) is 0.0261. The zero-order valence-electron chi connectivity index (χ0n) is 51.2. The number of hydrogen-bond donors (Lipinski definition) is 0. The number of carbonyl (C=O) groups is 3. The standard InChI is InChI=1S/C72H122O6/c1-4-7-10-13-16-19-22-24-26-28-30-31-32-33-34-35-36-37-38-39-40-41-42-44-45-47-50-53-56-59-62-65-71(74)77-68-69(67-76-70(73)64-61-58-55-52-49-21-18-15-12-9-6-3)78-72(75)66-63-60-57-54-51-48-46-43-29-27-25-23-20-17-14-11-8-5-2/h7,10,16,19,24,26-27,29-31,33-34,36-37,39-40,42,44,69H,4-6,8-9,11-15,17-18,20-23,25,28,32,35,38,41,43,45-68H2,1-3H3/b10-7-,19-16-,26-24-,29-27-,31-30-,34-33-,37-36-,40-39-,44-42-. The molecule has 0 heterocycles. The second kappa shape index (κ2) is 65.6. The Kier molecular flexibility index (Phi) is 62.3. The molecule has 0 aliphatic rings. The van der Waals surface area contributed by atoms with E-state index in [4.69, 9.17) is 14.2 Å². The molecule has 0 aromatic carbocycles. The molecular weight excluding hydrogens is 961 g/mol. The van der Waals surface area contributed by atoms with E-state index < -0.39 is 6.10 Å². The number of allylic oxidation sites excluding steroid dienone is 18. The summed E-state index contributed by atoms with van der Waals surface area (Å²) in [6, 6.07) is 0. The fourth-order valence-electron chi connectivity index (χ4n) is 9.10. The summed E-state index contributed by atoms with van der Waals surface area (Å²) in [7, 11) is 0. The van der Waals surface area contributed by atoms with E-state index in [0.29, 0.717) is 19.3 Å². The van der Waals surface area contributed by atoms with Gasteiger partial charge in [-0.15, -0.1) is 0 Å². The SMILES string of the molecule is CC/C=C\C/C=C\C/C=C\C/C=C\C/C=C\C/C=C\C/C=C\C/C=C\CCCCCCCCC(=O)OCC(COC(=O)CCCCCCCCCCCCC)OC(=O)CCCCCCCCC/C=C\CCCCCCCCC. The van der Waals surface area contributed by atoms with E-state index in [9.17, 15) is 14.4 Å². The Labute approximate surface area is 482 Å². The minimum absolute atomic E-state index is 0.0822. The molecular formula is C72H122O6. The van der Waals surface area contributed by atoms with Crippen molar-refractivity contribution in [1.29, 1.82) is 0 Å². The Morgan fingerprint density at radius 2 is 0.500 bits per heavy atom. The molecule has 0 radical (unpaired) electrons. The molecule has 0 aromatic heterocycles. The highest BCUT2D eigenvalue weighted by Crippen LogP contribution is 2.16. The smallest absolute Gasteiger partial charge is 0.306 e. The topological polar surface area (TPSA) is 78.9 Å². The molecule has 0 aliphatic carbocycles. The third-order valence-electron chi connectivity index (χ3n) is 14.0. The number of unbranched alkanes of at least 4 members (excludes halogenated alkanes) is 30. The van der Waals surface area contributed by atoms with Crippen LogP contribution in [-0.4, -0.2) is 37.2 Å². The number of carbonyl (C=O) groups excluding carboxylic acids is 3. The molecule has 1 unspecified atom stereocenters. The van der Waals surface area contributed by atoms with Gasteiger partial charge < -0.3 is 14.2 Å². The second-order valence-corrected chi connectivity index (χ2v) is 21.6. The van der Waals surface area contributed by atoms with Gasteiger partial charge in [-0.3, -0.25) is 14.4 Å². The Morgan fingerprint density at radius 1 is 0.269 bits per heavy atom. The van der Waals surface area contributed by atoms with Crippen LogP contribution in [-0.2, 0) is 28.6 Å². The zero-order chi connectivity index (χ0) is 56.4. The van der Waals surface area contributed by atoms with Gasteiger partial charge in [0.05, 0.1) is 0 Å². The maximum atomic E-state index is 12.9. The van der Waals surface area contributed by atoms with Gasteiger partial charge in [0.2, 0.25) is 0 Å². The molecule has 1 atom stereocenters. The van der Waals surface area contributed by atoms with E-state index in [1.54, 1.807) is 0 Å². The van der Waals surface area contributed by atoms with Crippen LogP contribution in [0.15, 0.2) is 109 Å². The lowest BCUT2D eigenvalue weighted by atomic mass is 10.1. The summed E-state index contributed by atoms with van der Waals surface area (Å²) in [6.07, 6.45) is 89.5. The highest BCUT2D eigenvalue weighted by molar-refractivity contribution is 5.71. The lowest BCUT2D eigenvalue weighted by Crippen LogP contribution is -2.30. The van der Waals surface area contributed by atoms with Gasteiger partial charge in [0.15, 0.2) is 6.10 Å². The molecule has 0 saturated heterocycles. The lowest BCUT2D eigenvalue weighted by Gasteiger charge is -2.18. The molecule has 0 saturated carbocycles. The molecule has 0 aliphatic heterocycles. The highest BCUT2D eigenvalue weighted by Gasteiger charge is 2.19. The van der Waals surface area contributed by atoms with Crippen molar-refractivity contribution in [3.8, 4) is 0 Å². The van der Waals surface area contributed by atoms with Crippen LogP contribution in [0.3, 0.4) is 0 Å². The summed E-state index contributed by atoms with van der Waals surface area (Å²) in [6.45, 7) is 6.52. The monoisotopic (exact) mass is 1080 g/mol. The molecule has 0 aromatic rings. The predicted molar refractivity (Wildman–Crippen MR) is 339 cm³/mol. The summed E-state index contributed by atoms with van der Waals surface area (Å²) in [5.74, 6) is -0.894. The van der Waals surface area contributed by atoms with E-state index in [0.717, 1.165) is 122 Å². The maximum absolute atomic E-state index is 12.9. The van der Waals surface area contributed by atoms with Crippen molar-refractivity contribution in [3.05, 3.63) is 109 Å². The van der Waals surface area contributed by atoms with Gasteiger partial charge in [-0.1, -0.05) is 291 Å². The van der Waals surface area contributed by atoms with Crippen molar-refractivity contribution >= 4 is 17.9 Å². The maximum Gasteiger partial charge on any atom is 0.306 e. The van der Waals surface area contributed by atoms with Crippen LogP contribution in [0.1, 0.15) is 310 Å². The van der Waals surface area contributed by atoms with Gasteiger partial charge in [-0.2, -0.15) is 0 Å². The average Bonchev–Trinajstić information content (AvgIpc) is 3.44. The fourth-order valence-corrected chi connectivity index (χ4v) is 9.10. The number of ether oxygens (including phenoxy) is 3. The van der Waals surface area contributed by atoms with Gasteiger partial charge in [0.25, 0.3) is 0 Å². The summed E-state index contributed by atoms with van der Waals surface area (Å²) in [4.78, 5) is 38.3. The largest absolute Gasteiger partial charge is 0.462 e. The van der Waals surface area contributed by atoms with Crippen molar-refractivity contribution in [2.24, 2.45) is 0 Å². The predicted octanol–water partition coefficient (Wildman–Crippen LogP) is 22.6. The number of rotatable bonds is 59. The molecule has 0 N–H and O–H groups in total. The number of hydrogen-bond acceptors (Lipinski definition) is 6. The molecule has 0 bridgehead atoms. The third kappa shape index (κ3) is 62.9. The first-order chi connectivity index (χ1) is 38.5. The summed E-state index contributed by atoms with van der Waals surface area (Å²) in [5, 5.41) is 0. The van der Waals surface area contributed by atoms with Gasteiger partial charge >= 0.3 is 17.9 Å². The van der Waals surface area contributed by atoms with Crippen LogP contribution >= 0.6 is 0 Å². The Bertz CT molecular complexity index is 1570. The van der Waals surface area contributed by atoms with Crippen molar-refractivity contribution in [1.82, 2.24) is 0 Å². The first kappa shape index (κ1) is 74.1. The molecule has 0 rings (SSSR count). The van der Waals surface area contributed by atoms with Crippen molar-refractivity contribution < 1.29 is 28.6 Å². The van der Waals surface area contributed by atoms with E-state index in [1.807, 2.05) is 0 Å².